The first-order valence-corrected chi connectivity index (χ1v) is 19.8. The third kappa shape index (κ3) is 6.47. The fourth-order valence-corrected chi connectivity index (χ4v) is 20.7. The molecule has 2 nitrogen and oxygen atoms in total. The van der Waals surface area contributed by atoms with Crippen molar-refractivity contribution in [1.29, 1.82) is 0 Å². The van der Waals surface area contributed by atoms with Crippen LogP contribution in [0.25, 0.3) is 10.9 Å². The first kappa shape index (κ1) is 24.1. The Kier molecular flexibility index (Phi) is 9.70. The molecule has 2 aromatic carbocycles. The van der Waals surface area contributed by atoms with Crippen molar-refractivity contribution in [1.82, 2.24) is 4.98 Å². The van der Waals surface area contributed by atoms with Gasteiger partial charge < -0.3 is 0 Å². The number of rotatable bonds is 13. The molecule has 0 saturated carbocycles. The SMILES string of the molecule is CCC[CH2][Sn]([CH2]CCC)([CH2]CCC)[c]1cc(OCc2ccccc2)c2ncccc2c1. The number of benzene rings is 2. The zero-order chi connectivity index (χ0) is 21.9. The van der Waals surface area contributed by atoms with E-state index in [0.717, 1.165) is 11.3 Å². The van der Waals surface area contributed by atoms with Crippen LogP contribution in [0.5, 0.6) is 5.75 Å². The summed E-state index contributed by atoms with van der Waals surface area (Å²) in [6.07, 6.45) is 9.88. The van der Waals surface area contributed by atoms with E-state index in [2.05, 4.69) is 75.4 Å². The fraction of sp³-hybridized carbons (Fsp3) is 0.464. The molecule has 0 amide bonds. The van der Waals surface area contributed by atoms with E-state index in [0.29, 0.717) is 6.61 Å². The average Bonchev–Trinajstić information content (AvgIpc) is 2.83. The van der Waals surface area contributed by atoms with Gasteiger partial charge in [0.2, 0.25) is 0 Å². The maximum atomic E-state index is 6.43. The van der Waals surface area contributed by atoms with E-state index in [1.165, 1.54) is 62.8 Å². The van der Waals surface area contributed by atoms with Crippen molar-refractivity contribution in [2.24, 2.45) is 0 Å². The summed E-state index contributed by atoms with van der Waals surface area (Å²) in [6, 6.07) is 19.7. The van der Waals surface area contributed by atoms with Gasteiger partial charge in [0.15, 0.2) is 0 Å². The standard InChI is InChI=1S/C16H12NO.3C4H9.Sn/c1-2-6-13(7-3-1)12-18-15-10-4-8-14-9-5-11-17-16(14)15;3*1-3-4-2;/h1-3,5-11H,12H2;3*1,3-4H2,2H3;. The van der Waals surface area contributed by atoms with Gasteiger partial charge in [-0.1, -0.05) is 0 Å². The molecule has 3 heteroatoms. The Morgan fingerprint density at radius 3 is 2.03 bits per heavy atom. The number of nitrogens with zero attached hydrogens (tertiary/aromatic N) is 1. The van der Waals surface area contributed by atoms with E-state index in [1.54, 1.807) is 3.58 Å². The molecule has 0 bridgehead atoms. The molecule has 3 aromatic rings. The molecule has 166 valence electrons. The van der Waals surface area contributed by atoms with Gasteiger partial charge in [0.25, 0.3) is 0 Å². The van der Waals surface area contributed by atoms with Gasteiger partial charge >= 0.3 is 194 Å². The molecule has 0 spiro atoms. The Labute approximate surface area is 193 Å². The monoisotopic (exact) mass is 525 g/mol. The number of ether oxygens (including phenoxy) is 1. The molecule has 0 aliphatic rings. The molecule has 0 fully saturated rings. The minimum atomic E-state index is -2.54. The second kappa shape index (κ2) is 12.5. The summed E-state index contributed by atoms with van der Waals surface area (Å²) in [5.41, 5.74) is 2.21. The summed E-state index contributed by atoms with van der Waals surface area (Å²) in [5, 5.41) is 1.24. The molecular formula is C28H39NOSn. The molecule has 3 rings (SSSR count). The number of hydrogen-bond donors (Lipinski definition) is 0. The topological polar surface area (TPSA) is 22.1 Å². The van der Waals surface area contributed by atoms with Crippen molar-refractivity contribution in [3.63, 3.8) is 0 Å². The van der Waals surface area contributed by atoms with Crippen LogP contribution in [0.1, 0.15) is 64.9 Å². The van der Waals surface area contributed by atoms with Crippen molar-refractivity contribution in [2.75, 3.05) is 0 Å². The number of unbranched alkanes of at least 4 members (excludes halogenated alkanes) is 3. The van der Waals surface area contributed by atoms with Crippen molar-refractivity contribution in [3.8, 4) is 5.75 Å². The molecule has 0 N–H and O–H groups in total. The number of fused-ring (bicyclic) bond motifs is 1. The van der Waals surface area contributed by atoms with Crippen molar-refractivity contribution >= 4 is 32.9 Å². The quantitative estimate of drug-likeness (QED) is 0.212. The van der Waals surface area contributed by atoms with Crippen molar-refractivity contribution < 1.29 is 4.74 Å². The van der Waals surface area contributed by atoms with Gasteiger partial charge in [-0.2, -0.15) is 0 Å². The fourth-order valence-electron chi connectivity index (χ4n) is 4.66. The molecular weight excluding hydrogens is 485 g/mol. The maximum absolute atomic E-state index is 6.43. The zero-order valence-electron chi connectivity index (χ0n) is 19.7. The molecule has 31 heavy (non-hydrogen) atoms. The van der Waals surface area contributed by atoms with Gasteiger partial charge in [-0.3, -0.25) is 0 Å². The molecule has 0 saturated heterocycles. The van der Waals surface area contributed by atoms with Crippen LogP contribution in [0.3, 0.4) is 0 Å². The van der Waals surface area contributed by atoms with Gasteiger partial charge in [-0.05, 0) is 0 Å². The van der Waals surface area contributed by atoms with E-state index in [4.69, 9.17) is 9.72 Å². The van der Waals surface area contributed by atoms with Crippen LogP contribution in [0.15, 0.2) is 60.8 Å². The Balaban J connectivity index is 2.03. The third-order valence-corrected chi connectivity index (χ3v) is 22.1. The van der Waals surface area contributed by atoms with Crippen LogP contribution in [-0.4, -0.2) is 23.4 Å². The van der Waals surface area contributed by atoms with Crippen LogP contribution in [-0.2, 0) is 6.61 Å². The Bertz CT molecular complexity index is 903. The Morgan fingerprint density at radius 2 is 1.42 bits per heavy atom. The number of aromatic nitrogens is 1. The summed E-state index contributed by atoms with van der Waals surface area (Å²) in [6.45, 7) is 7.62. The van der Waals surface area contributed by atoms with Crippen LogP contribution in [0.2, 0.25) is 13.3 Å². The Morgan fingerprint density at radius 1 is 0.774 bits per heavy atom. The average molecular weight is 524 g/mol. The predicted octanol–water partition coefficient (Wildman–Crippen LogP) is 7.87. The van der Waals surface area contributed by atoms with Gasteiger partial charge in [0.1, 0.15) is 0 Å². The van der Waals surface area contributed by atoms with Crippen molar-refractivity contribution in [3.05, 3.63) is 66.4 Å². The summed E-state index contributed by atoms with van der Waals surface area (Å²) >= 11 is -2.54. The summed E-state index contributed by atoms with van der Waals surface area (Å²) in [4.78, 5) is 4.70. The normalized spacial score (nSPS) is 11.7. The molecule has 0 aliphatic heterocycles. The molecule has 0 aliphatic carbocycles. The molecule has 0 radical (unpaired) electrons. The van der Waals surface area contributed by atoms with E-state index in [1.807, 2.05) is 6.20 Å². The third-order valence-electron chi connectivity index (χ3n) is 6.55. The molecule has 1 aromatic heterocycles. The summed E-state index contributed by atoms with van der Waals surface area (Å²) in [7, 11) is 0. The summed E-state index contributed by atoms with van der Waals surface area (Å²) in [5.74, 6) is 0.975. The van der Waals surface area contributed by atoms with Crippen LogP contribution >= 0.6 is 0 Å². The second-order valence-electron chi connectivity index (χ2n) is 8.91. The van der Waals surface area contributed by atoms with Crippen molar-refractivity contribution in [2.45, 2.75) is 79.2 Å². The van der Waals surface area contributed by atoms with Crippen LogP contribution < -0.4 is 8.32 Å². The van der Waals surface area contributed by atoms with Crippen LogP contribution in [0, 0.1) is 0 Å². The van der Waals surface area contributed by atoms with E-state index >= 15 is 0 Å². The van der Waals surface area contributed by atoms with Gasteiger partial charge in [0.05, 0.1) is 0 Å². The number of hydrogen-bond acceptors (Lipinski definition) is 2. The first-order valence-electron chi connectivity index (χ1n) is 12.3. The van der Waals surface area contributed by atoms with E-state index in [-0.39, 0.29) is 0 Å². The van der Waals surface area contributed by atoms with E-state index in [9.17, 15) is 0 Å². The van der Waals surface area contributed by atoms with Gasteiger partial charge in [-0.15, -0.1) is 0 Å². The van der Waals surface area contributed by atoms with E-state index < -0.39 is 18.4 Å². The molecule has 1 heterocycles. The first-order chi connectivity index (χ1) is 15.2. The van der Waals surface area contributed by atoms with Gasteiger partial charge in [0, 0.05) is 0 Å². The second-order valence-corrected chi connectivity index (χ2v) is 22.2. The molecule has 0 atom stereocenters. The summed E-state index contributed by atoms with van der Waals surface area (Å²) < 4.78 is 12.5. The zero-order valence-corrected chi connectivity index (χ0v) is 22.6. The predicted molar refractivity (Wildman–Crippen MR) is 137 cm³/mol. The number of pyridine rings is 1. The molecule has 0 unspecified atom stereocenters. The Hall–Kier alpha value is -1.55. The van der Waals surface area contributed by atoms with Gasteiger partial charge in [-0.25, -0.2) is 0 Å². The van der Waals surface area contributed by atoms with Crippen LogP contribution in [0.4, 0.5) is 0 Å². The minimum absolute atomic E-state index is 0.595.